The molecule has 154 valence electrons. The largest absolute Gasteiger partial charge is 0.494 e. The summed E-state index contributed by atoms with van der Waals surface area (Å²) in [6, 6.07) is 8.40. The van der Waals surface area contributed by atoms with Crippen molar-refractivity contribution in [3.8, 4) is 11.4 Å². The first kappa shape index (κ1) is 20.8. The van der Waals surface area contributed by atoms with Gasteiger partial charge in [0.25, 0.3) is 11.5 Å². The number of carbonyl (C=O) groups excluding carboxylic acids is 2. The summed E-state index contributed by atoms with van der Waals surface area (Å²) in [6.07, 6.45) is 0.883. The van der Waals surface area contributed by atoms with Gasteiger partial charge in [-0.05, 0) is 49.1 Å². The summed E-state index contributed by atoms with van der Waals surface area (Å²) in [5.41, 5.74) is 0.681. The van der Waals surface area contributed by atoms with Crippen molar-refractivity contribution >= 4 is 11.7 Å². The van der Waals surface area contributed by atoms with Crippen LogP contribution in [0.25, 0.3) is 5.69 Å². The molecule has 1 aliphatic carbocycles. The van der Waals surface area contributed by atoms with E-state index in [1.54, 1.807) is 24.3 Å². The summed E-state index contributed by atoms with van der Waals surface area (Å²) in [5.74, 6) is -0.0252. The van der Waals surface area contributed by atoms with Crippen LogP contribution >= 0.6 is 0 Å². The van der Waals surface area contributed by atoms with Gasteiger partial charge in [-0.3, -0.25) is 19.0 Å². The zero-order valence-corrected chi connectivity index (χ0v) is 16.9. The smallest absolute Gasteiger partial charge is 0.268 e. The molecule has 7 heteroatoms. The molecular weight excluding hydrogens is 372 g/mol. The summed E-state index contributed by atoms with van der Waals surface area (Å²) >= 11 is 0. The van der Waals surface area contributed by atoms with Gasteiger partial charge in [-0.1, -0.05) is 13.8 Å². The Kier molecular flexibility index (Phi) is 5.88. The van der Waals surface area contributed by atoms with Gasteiger partial charge in [0.2, 0.25) is 0 Å². The van der Waals surface area contributed by atoms with Gasteiger partial charge < -0.3 is 15.2 Å². The van der Waals surface area contributed by atoms with Gasteiger partial charge in [0.15, 0.2) is 5.78 Å². The molecule has 1 aliphatic rings. The molecule has 0 spiro atoms. The van der Waals surface area contributed by atoms with E-state index in [1.807, 2.05) is 20.8 Å². The van der Waals surface area contributed by atoms with E-state index in [0.29, 0.717) is 42.1 Å². The van der Waals surface area contributed by atoms with Crippen LogP contribution in [0.1, 0.15) is 53.6 Å². The standard InChI is InChI=1S/C22H26N2O5/c1-4-29-15-7-5-14(6-8-15)24-18-12-22(2,3)13-19(26)16(18)11-17(21(24)28)20(27)23-9-10-25/h5-8,11,25H,4,9-10,12-13H2,1-3H3,(H,23,27). The molecule has 0 atom stereocenters. The highest BCUT2D eigenvalue weighted by atomic mass is 16.5. The van der Waals surface area contributed by atoms with Crippen LogP contribution in [-0.2, 0) is 6.42 Å². The Morgan fingerprint density at radius 3 is 2.52 bits per heavy atom. The molecule has 1 aromatic carbocycles. The van der Waals surface area contributed by atoms with E-state index in [-0.39, 0.29) is 29.9 Å². The zero-order chi connectivity index (χ0) is 21.2. The monoisotopic (exact) mass is 398 g/mol. The summed E-state index contributed by atoms with van der Waals surface area (Å²) in [7, 11) is 0. The molecule has 0 radical (unpaired) electrons. The fourth-order valence-electron chi connectivity index (χ4n) is 3.67. The van der Waals surface area contributed by atoms with Crippen molar-refractivity contribution in [1.82, 2.24) is 9.88 Å². The lowest BCUT2D eigenvalue weighted by Crippen LogP contribution is -2.39. The minimum Gasteiger partial charge on any atom is -0.494 e. The van der Waals surface area contributed by atoms with Crippen LogP contribution in [0.4, 0.5) is 0 Å². The second kappa shape index (κ2) is 8.21. The number of aromatic nitrogens is 1. The fourth-order valence-corrected chi connectivity index (χ4v) is 3.67. The number of fused-ring (bicyclic) bond motifs is 1. The molecule has 29 heavy (non-hydrogen) atoms. The van der Waals surface area contributed by atoms with Crippen LogP contribution < -0.4 is 15.6 Å². The minimum absolute atomic E-state index is 0.0272. The van der Waals surface area contributed by atoms with Gasteiger partial charge in [0, 0.05) is 29.9 Å². The molecule has 1 heterocycles. The molecule has 0 unspecified atom stereocenters. The third-order valence-corrected chi connectivity index (χ3v) is 4.94. The number of hydrogen-bond donors (Lipinski definition) is 2. The lowest BCUT2D eigenvalue weighted by Gasteiger charge is -2.32. The Morgan fingerprint density at radius 1 is 1.21 bits per heavy atom. The maximum atomic E-state index is 13.3. The first-order valence-corrected chi connectivity index (χ1v) is 9.72. The molecule has 0 saturated heterocycles. The Hall–Kier alpha value is -2.93. The SMILES string of the molecule is CCOc1ccc(-n2c3c(cc(C(=O)NCCO)c2=O)C(=O)CC(C)(C)C3)cc1. The molecule has 2 N–H and O–H groups in total. The Morgan fingerprint density at radius 2 is 1.90 bits per heavy atom. The number of hydrogen-bond acceptors (Lipinski definition) is 5. The number of nitrogens with zero attached hydrogens (tertiary/aromatic N) is 1. The van der Waals surface area contributed by atoms with Crippen LogP contribution in [0.2, 0.25) is 0 Å². The van der Waals surface area contributed by atoms with Crippen LogP contribution in [0.5, 0.6) is 5.75 Å². The Balaban J connectivity index is 2.21. The lowest BCUT2D eigenvalue weighted by molar-refractivity contribution is 0.0908. The molecule has 0 aliphatic heterocycles. The van der Waals surface area contributed by atoms with E-state index in [9.17, 15) is 14.4 Å². The van der Waals surface area contributed by atoms with Crippen LogP contribution in [-0.4, -0.2) is 41.1 Å². The highest BCUT2D eigenvalue weighted by Crippen LogP contribution is 2.35. The van der Waals surface area contributed by atoms with E-state index in [4.69, 9.17) is 9.84 Å². The second-order valence-corrected chi connectivity index (χ2v) is 7.91. The van der Waals surface area contributed by atoms with Gasteiger partial charge in [-0.15, -0.1) is 0 Å². The normalized spacial score (nSPS) is 15.0. The Labute approximate surface area is 169 Å². The van der Waals surface area contributed by atoms with E-state index in [0.717, 1.165) is 0 Å². The van der Waals surface area contributed by atoms with Crippen molar-refractivity contribution in [1.29, 1.82) is 0 Å². The highest BCUT2D eigenvalue weighted by molar-refractivity contribution is 6.02. The number of ether oxygens (including phenoxy) is 1. The first-order chi connectivity index (χ1) is 13.8. The van der Waals surface area contributed by atoms with Crippen LogP contribution in [0.3, 0.4) is 0 Å². The minimum atomic E-state index is -0.607. The van der Waals surface area contributed by atoms with E-state index in [2.05, 4.69) is 5.32 Å². The molecule has 1 aromatic heterocycles. The predicted molar refractivity (Wildman–Crippen MR) is 109 cm³/mol. The number of Topliss-reactive ketones (excluding diaryl/α,β-unsaturated/α-hetero) is 1. The highest BCUT2D eigenvalue weighted by Gasteiger charge is 2.35. The maximum absolute atomic E-state index is 13.3. The molecule has 0 fully saturated rings. The molecule has 7 nitrogen and oxygen atoms in total. The Bertz CT molecular complexity index is 989. The molecule has 3 rings (SSSR count). The van der Waals surface area contributed by atoms with Gasteiger partial charge in [0.1, 0.15) is 11.3 Å². The maximum Gasteiger partial charge on any atom is 0.268 e. The number of nitrogens with one attached hydrogen (secondary N) is 1. The number of aliphatic hydroxyl groups excluding tert-OH is 1. The van der Waals surface area contributed by atoms with Crippen molar-refractivity contribution in [3.05, 3.63) is 57.5 Å². The number of amides is 1. The van der Waals surface area contributed by atoms with Crippen molar-refractivity contribution in [2.75, 3.05) is 19.8 Å². The first-order valence-electron chi connectivity index (χ1n) is 9.72. The van der Waals surface area contributed by atoms with Gasteiger partial charge >= 0.3 is 0 Å². The topological polar surface area (TPSA) is 97.6 Å². The van der Waals surface area contributed by atoms with Crippen LogP contribution in [0.15, 0.2) is 35.1 Å². The fraction of sp³-hybridized carbons (Fsp3) is 0.409. The molecular formula is C22H26N2O5. The van der Waals surface area contributed by atoms with Crippen molar-refractivity contribution in [3.63, 3.8) is 0 Å². The number of rotatable bonds is 6. The van der Waals surface area contributed by atoms with Gasteiger partial charge in [-0.25, -0.2) is 0 Å². The summed E-state index contributed by atoms with van der Waals surface area (Å²) in [4.78, 5) is 38.6. The van der Waals surface area contributed by atoms with E-state index < -0.39 is 11.5 Å². The molecule has 2 aromatic rings. The zero-order valence-electron chi connectivity index (χ0n) is 16.9. The molecule has 0 saturated carbocycles. The van der Waals surface area contributed by atoms with E-state index in [1.165, 1.54) is 10.6 Å². The van der Waals surface area contributed by atoms with Crippen molar-refractivity contribution < 1.29 is 19.4 Å². The predicted octanol–water partition coefficient (Wildman–Crippen LogP) is 2.11. The molecule has 0 bridgehead atoms. The third kappa shape index (κ3) is 4.24. The van der Waals surface area contributed by atoms with Gasteiger partial charge in [0.05, 0.1) is 13.2 Å². The van der Waals surface area contributed by atoms with Crippen LogP contribution in [0, 0.1) is 5.41 Å². The van der Waals surface area contributed by atoms with Crippen molar-refractivity contribution in [2.45, 2.75) is 33.6 Å². The van der Waals surface area contributed by atoms with Crippen molar-refractivity contribution in [2.24, 2.45) is 5.41 Å². The van der Waals surface area contributed by atoms with E-state index >= 15 is 0 Å². The number of carbonyl (C=O) groups is 2. The summed E-state index contributed by atoms with van der Waals surface area (Å²) in [5, 5.41) is 11.5. The second-order valence-electron chi connectivity index (χ2n) is 7.91. The number of benzene rings is 1. The lowest BCUT2D eigenvalue weighted by atomic mass is 9.75. The summed E-state index contributed by atoms with van der Waals surface area (Å²) in [6.45, 7) is 6.18. The number of ketones is 1. The number of aliphatic hydroxyl groups is 1. The average molecular weight is 398 g/mol. The summed E-state index contributed by atoms with van der Waals surface area (Å²) < 4.78 is 6.92. The number of pyridine rings is 1. The third-order valence-electron chi connectivity index (χ3n) is 4.94. The van der Waals surface area contributed by atoms with Gasteiger partial charge in [-0.2, -0.15) is 0 Å². The molecule has 1 amide bonds. The average Bonchev–Trinajstić information content (AvgIpc) is 2.66. The quantitative estimate of drug-likeness (QED) is 0.777.